The van der Waals surface area contributed by atoms with Crippen LogP contribution in [0.1, 0.15) is 16.7 Å². The molecule has 0 unspecified atom stereocenters. The molecule has 6 nitrogen and oxygen atoms in total. The van der Waals surface area contributed by atoms with Crippen molar-refractivity contribution in [3.63, 3.8) is 0 Å². The highest BCUT2D eigenvalue weighted by Gasteiger charge is 2.30. The number of nitrogens with zero attached hydrogens (tertiary/aromatic N) is 2. The van der Waals surface area contributed by atoms with E-state index < -0.39 is 24.1 Å². The number of ether oxygens (including phenoxy) is 2. The average Bonchev–Trinajstić information content (AvgIpc) is 3.13. The molecule has 0 radical (unpaired) electrons. The third-order valence-electron chi connectivity index (χ3n) is 4.05. The summed E-state index contributed by atoms with van der Waals surface area (Å²) in [4.78, 5) is 16.9. The minimum Gasteiger partial charge on any atom is -0.465 e. The number of halogens is 3. The first-order chi connectivity index (χ1) is 12.8. The second-order valence-corrected chi connectivity index (χ2v) is 5.92. The lowest BCUT2D eigenvalue weighted by Crippen LogP contribution is -2.31. The number of carbonyl (C=O) groups is 1. The molecule has 3 rings (SSSR count). The zero-order valence-electron chi connectivity index (χ0n) is 14.1. The number of amides is 1. The van der Waals surface area contributed by atoms with Gasteiger partial charge in [0, 0.05) is 18.2 Å². The van der Waals surface area contributed by atoms with Crippen LogP contribution in [0.2, 0.25) is 0 Å². The fourth-order valence-corrected chi connectivity index (χ4v) is 2.75. The molecule has 1 fully saturated rings. The second kappa shape index (κ2) is 7.93. The highest BCUT2D eigenvalue weighted by atomic mass is 19.4. The molecule has 1 aliphatic rings. The fraction of sp³-hybridized carbons (Fsp3) is 0.333. The van der Waals surface area contributed by atoms with Crippen molar-refractivity contribution in [2.75, 3.05) is 18.1 Å². The van der Waals surface area contributed by atoms with Gasteiger partial charge in [-0.25, -0.2) is 9.78 Å². The van der Waals surface area contributed by atoms with Gasteiger partial charge in [0.15, 0.2) is 6.29 Å². The minimum atomic E-state index is -4.44. The standard InChI is InChI=1S/C18H17F3N2O4/c19-18(20,21)14-5-3-12(4-6-14)11-23(17(24)25)16-13(2-1-7-22-16)10-15-26-8-9-27-15/h1-7,15H,8-11H2,(H,24,25). The van der Waals surface area contributed by atoms with Crippen molar-refractivity contribution in [2.45, 2.75) is 25.4 Å². The van der Waals surface area contributed by atoms with E-state index in [-0.39, 0.29) is 12.4 Å². The molecule has 144 valence electrons. The van der Waals surface area contributed by atoms with Crippen molar-refractivity contribution in [3.8, 4) is 0 Å². The summed E-state index contributed by atoms with van der Waals surface area (Å²) in [5.41, 5.74) is 0.233. The Morgan fingerprint density at radius 2 is 1.85 bits per heavy atom. The number of carboxylic acid groups (broad SMARTS) is 1. The van der Waals surface area contributed by atoms with Crippen molar-refractivity contribution in [1.29, 1.82) is 0 Å². The Hall–Kier alpha value is -2.65. The van der Waals surface area contributed by atoms with Crippen LogP contribution in [-0.2, 0) is 28.6 Å². The van der Waals surface area contributed by atoms with Gasteiger partial charge in [0.2, 0.25) is 0 Å². The van der Waals surface area contributed by atoms with Gasteiger partial charge in [-0.15, -0.1) is 0 Å². The van der Waals surface area contributed by atoms with Crippen LogP contribution in [-0.4, -0.2) is 35.7 Å². The predicted molar refractivity (Wildman–Crippen MR) is 89.3 cm³/mol. The van der Waals surface area contributed by atoms with Crippen LogP contribution in [0.4, 0.5) is 23.8 Å². The lowest BCUT2D eigenvalue weighted by atomic mass is 10.1. The lowest BCUT2D eigenvalue weighted by Gasteiger charge is -2.22. The number of pyridine rings is 1. The van der Waals surface area contributed by atoms with Crippen LogP contribution >= 0.6 is 0 Å². The van der Waals surface area contributed by atoms with E-state index in [0.717, 1.165) is 17.0 Å². The summed E-state index contributed by atoms with van der Waals surface area (Å²) in [7, 11) is 0. The summed E-state index contributed by atoms with van der Waals surface area (Å²) in [5.74, 6) is 0.198. The smallest absolute Gasteiger partial charge is 0.416 e. The number of benzene rings is 1. The Morgan fingerprint density at radius 3 is 2.44 bits per heavy atom. The van der Waals surface area contributed by atoms with Crippen LogP contribution in [0, 0.1) is 0 Å². The number of hydrogen-bond acceptors (Lipinski definition) is 4. The van der Waals surface area contributed by atoms with E-state index in [0.29, 0.717) is 30.8 Å². The van der Waals surface area contributed by atoms with Crippen molar-refractivity contribution in [2.24, 2.45) is 0 Å². The van der Waals surface area contributed by atoms with Gasteiger partial charge in [-0.1, -0.05) is 18.2 Å². The monoisotopic (exact) mass is 382 g/mol. The molecule has 0 saturated carbocycles. The maximum absolute atomic E-state index is 12.7. The maximum atomic E-state index is 12.7. The Balaban J connectivity index is 1.82. The van der Waals surface area contributed by atoms with Crippen LogP contribution < -0.4 is 4.90 Å². The van der Waals surface area contributed by atoms with Gasteiger partial charge in [0.05, 0.1) is 25.3 Å². The molecule has 1 aromatic carbocycles. The molecule has 0 aliphatic carbocycles. The molecule has 0 bridgehead atoms. The van der Waals surface area contributed by atoms with E-state index >= 15 is 0 Å². The first kappa shape index (κ1) is 19.1. The largest absolute Gasteiger partial charge is 0.465 e. The third-order valence-corrected chi connectivity index (χ3v) is 4.05. The lowest BCUT2D eigenvalue weighted by molar-refractivity contribution is -0.137. The minimum absolute atomic E-state index is 0.135. The van der Waals surface area contributed by atoms with Crippen molar-refractivity contribution in [3.05, 3.63) is 59.3 Å². The van der Waals surface area contributed by atoms with Crippen LogP contribution in [0.3, 0.4) is 0 Å². The summed E-state index contributed by atoms with van der Waals surface area (Å²) in [6.07, 6.45) is -4.41. The molecule has 1 aliphatic heterocycles. The van der Waals surface area contributed by atoms with E-state index in [9.17, 15) is 23.1 Å². The van der Waals surface area contributed by atoms with Gasteiger partial charge in [-0.05, 0) is 23.8 Å². The SMILES string of the molecule is O=C(O)N(Cc1ccc(C(F)(F)F)cc1)c1ncccc1CC1OCCO1. The third kappa shape index (κ3) is 4.75. The quantitative estimate of drug-likeness (QED) is 0.854. The van der Waals surface area contributed by atoms with E-state index in [4.69, 9.17) is 9.47 Å². The summed E-state index contributed by atoms with van der Waals surface area (Å²) in [5, 5.41) is 9.60. The molecular formula is C18H17F3N2O4. The normalized spacial score (nSPS) is 15.1. The molecule has 1 saturated heterocycles. The zero-order valence-corrected chi connectivity index (χ0v) is 14.1. The van der Waals surface area contributed by atoms with E-state index in [1.165, 1.54) is 18.3 Å². The number of aromatic nitrogens is 1. The number of anilines is 1. The molecule has 1 N–H and O–H groups in total. The van der Waals surface area contributed by atoms with Gasteiger partial charge in [0.1, 0.15) is 5.82 Å². The average molecular weight is 382 g/mol. The number of hydrogen-bond donors (Lipinski definition) is 1. The molecule has 9 heteroatoms. The maximum Gasteiger partial charge on any atom is 0.416 e. The highest BCUT2D eigenvalue weighted by Crippen LogP contribution is 2.30. The Kier molecular flexibility index (Phi) is 5.62. The summed E-state index contributed by atoms with van der Waals surface area (Å²) < 4.78 is 48.8. The number of rotatable bonds is 5. The van der Waals surface area contributed by atoms with Crippen LogP contribution in [0.5, 0.6) is 0 Å². The van der Waals surface area contributed by atoms with Gasteiger partial charge in [-0.2, -0.15) is 13.2 Å². The molecule has 2 heterocycles. The van der Waals surface area contributed by atoms with Crippen molar-refractivity contribution >= 4 is 11.9 Å². The van der Waals surface area contributed by atoms with Crippen LogP contribution in [0.15, 0.2) is 42.6 Å². The number of alkyl halides is 3. The molecule has 0 atom stereocenters. The summed E-state index contributed by atoms with van der Waals surface area (Å²) in [6.45, 7) is 0.798. The zero-order chi connectivity index (χ0) is 19.4. The fourth-order valence-electron chi connectivity index (χ4n) is 2.75. The van der Waals surface area contributed by atoms with E-state index in [1.54, 1.807) is 12.1 Å². The molecule has 27 heavy (non-hydrogen) atoms. The van der Waals surface area contributed by atoms with Crippen LogP contribution in [0.25, 0.3) is 0 Å². The molecule has 1 amide bonds. The molecule has 1 aromatic heterocycles. The predicted octanol–water partition coefficient (Wildman–Crippen LogP) is 3.70. The first-order valence-electron chi connectivity index (χ1n) is 8.18. The van der Waals surface area contributed by atoms with Gasteiger partial charge < -0.3 is 14.6 Å². The topological polar surface area (TPSA) is 71.9 Å². The Labute approximate surface area is 153 Å². The Bertz CT molecular complexity index is 790. The van der Waals surface area contributed by atoms with Crippen molar-refractivity contribution < 1.29 is 32.5 Å². The summed E-state index contributed by atoms with van der Waals surface area (Å²) >= 11 is 0. The first-order valence-corrected chi connectivity index (χ1v) is 8.18. The molecule has 0 spiro atoms. The van der Waals surface area contributed by atoms with E-state index in [1.807, 2.05) is 0 Å². The molecular weight excluding hydrogens is 365 g/mol. The van der Waals surface area contributed by atoms with Gasteiger partial charge in [0.25, 0.3) is 0 Å². The Morgan fingerprint density at radius 1 is 1.19 bits per heavy atom. The highest BCUT2D eigenvalue weighted by molar-refractivity contribution is 5.85. The second-order valence-electron chi connectivity index (χ2n) is 5.92. The van der Waals surface area contributed by atoms with E-state index in [2.05, 4.69) is 4.98 Å². The van der Waals surface area contributed by atoms with Gasteiger partial charge in [-0.3, -0.25) is 4.90 Å². The van der Waals surface area contributed by atoms with Crippen molar-refractivity contribution in [1.82, 2.24) is 4.98 Å². The van der Waals surface area contributed by atoms with Gasteiger partial charge >= 0.3 is 12.3 Å². The molecule has 2 aromatic rings. The summed E-state index contributed by atoms with van der Waals surface area (Å²) in [6, 6.07) is 7.75.